The van der Waals surface area contributed by atoms with Crippen LogP contribution in [0.3, 0.4) is 0 Å². The van der Waals surface area contributed by atoms with Crippen LogP contribution in [0.15, 0.2) is 24.3 Å². The molecule has 0 radical (unpaired) electrons. The molecule has 1 atom stereocenters. The maximum absolute atomic E-state index is 11.9. The second kappa shape index (κ2) is 7.50. The van der Waals surface area contributed by atoms with Gasteiger partial charge in [-0.1, -0.05) is 29.8 Å². The maximum atomic E-state index is 11.9. The summed E-state index contributed by atoms with van der Waals surface area (Å²) in [6.45, 7) is 2.05. The highest BCUT2D eigenvalue weighted by molar-refractivity contribution is 7.99. The van der Waals surface area contributed by atoms with Gasteiger partial charge in [-0.3, -0.25) is 9.59 Å². The fourth-order valence-corrected chi connectivity index (χ4v) is 3.02. The average Bonchev–Trinajstić information content (AvgIpc) is 3.24. The van der Waals surface area contributed by atoms with Crippen molar-refractivity contribution in [3.63, 3.8) is 0 Å². The number of aryl methyl sites for hydroxylation is 1. The molecule has 4 nitrogen and oxygen atoms in total. The number of thioether (sulfide) groups is 1. The lowest BCUT2D eigenvalue weighted by Gasteiger charge is -2.16. The van der Waals surface area contributed by atoms with Crippen LogP contribution in [0.5, 0.6) is 0 Å². The van der Waals surface area contributed by atoms with E-state index >= 15 is 0 Å². The van der Waals surface area contributed by atoms with Crippen molar-refractivity contribution in [1.82, 2.24) is 5.32 Å². The van der Waals surface area contributed by atoms with Gasteiger partial charge in [0, 0.05) is 11.8 Å². The third-order valence-electron chi connectivity index (χ3n) is 3.55. The first-order valence-corrected chi connectivity index (χ1v) is 8.34. The van der Waals surface area contributed by atoms with E-state index in [9.17, 15) is 9.59 Å². The van der Waals surface area contributed by atoms with Gasteiger partial charge in [-0.2, -0.15) is 0 Å². The molecule has 21 heavy (non-hydrogen) atoms. The fraction of sp³-hybridized carbons (Fsp3) is 0.500. The number of carboxylic acids is 1. The van der Waals surface area contributed by atoms with Crippen LogP contribution in [0.2, 0.25) is 0 Å². The molecule has 1 unspecified atom stereocenters. The summed E-state index contributed by atoms with van der Waals surface area (Å²) in [6, 6.07) is 8.06. The Bertz CT molecular complexity index is 497. The second-order valence-electron chi connectivity index (χ2n) is 5.59. The Kier molecular flexibility index (Phi) is 5.67. The van der Waals surface area contributed by atoms with Gasteiger partial charge in [0.1, 0.15) is 0 Å². The monoisotopic (exact) mass is 307 g/mol. The van der Waals surface area contributed by atoms with E-state index < -0.39 is 5.97 Å². The zero-order chi connectivity index (χ0) is 15.2. The predicted octanol–water partition coefficient (Wildman–Crippen LogP) is 2.60. The topological polar surface area (TPSA) is 66.4 Å². The fourth-order valence-electron chi connectivity index (χ4n) is 2.22. The van der Waals surface area contributed by atoms with Crippen LogP contribution in [0.1, 0.15) is 30.4 Å². The molecular formula is C16H21NO3S. The molecule has 0 saturated heterocycles. The molecule has 0 aromatic heterocycles. The van der Waals surface area contributed by atoms with Crippen molar-refractivity contribution in [2.45, 2.75) is 38.0 Å². The molecule has 1 aliphatic rings. The number of amides is 1. The van der Waals surface area contributed by atoms with Crippen LogP contribution in [0, 0.1) is 12.8 Å². The van der Waals surface area contributed by atoms with E-state index in [4.69, 9.17) is 5.11 Å². The summed E-state index contributed by atoms with van der Waals surface area (Å²) in [4.78, 5) is 22.7. The van der Waals surface area contributed by atoms with Crippen molar-refractivity contribution in [1.29, 1.82) is 0 Å². The number of hydrogen-bond acceptors (Lipinski definition) is 3. The molecular weight excluding hydrogens is 286 g/mol. The van der Waals surface area contributed by atoms with Crippen LogP contribution < -0.4 is 5.32 Å². The summed E-state index contributed by atoms with van der Waals surface area (Å²) < 4.78 is 0. The quantitative estimate of drug-likeness (QED) is 0.775. The minimum atomic E-state index is -0.848. The Labute approximate surface area is 129 Å². The highest BCUT2D eigenvalue weighted by Gasteiger charge is 2.33. The largest absolute Gasteiger partial charge is 0.481 e. The number of rotatable bonds is 8. The highest BCUT2D eigenvalue weighted by atomic mass is 32.2. The van der Waals surface area contributed by atoms with Gasteiger partial charge >= 0.3 is 5.97 Å². The van der Waals surface area contributed by atoms with E-state index in [2.05, 4.69) is 29.6 Å². The van der Waals surface area contributed by atoms with Crippen molar-refractivity contribution in [3.8, 4) is 0 Å². The summed E-state index contributed by atoms with van der Waals surface area (Å²) in [6.07, 6.45) is 2.07. The molecule has 1 aromatic carbocycles. The van der Waals surface area contributed by atoms with Crippen molar-refractivity contribution in [3.05, 3.63) is 35.4 Å². The van der Waals surface area contributed by atoms with E-state index in [0.717, 1.165) is 18.6 Å². The van der Waals surface area contributed by atoms with Crippen LogP contribution in [0.25, 0.3) is 0 Å². The van der Waals surface area contributed by atoms with Gasteiger partial charge in [0.25, 0.3) is 0 Å². The Balaban J connectivity index is 1.71. The second-order valence-corrected chi connectivity index (χ2v) is 6.57. The first-order chi connectivity index (χ1) is 10.0. The number of aliphatic carboxylic acids is 1. The summed E-state index contributed by atoms with van der Waals surface area (Å²) in [5, 5.41) is 11.7. The van der Waals surface area contributed by atoms with Gasteiger partial charge in [0.15, 0.2) is 0 Å². The summed E-state index contributed by atoms with van der Waals surface area (Å²) in [5.74, 6) is 0.606. The highest BCUT2D eigenvalue weighted by Crippen LogP contribution is 2.34. The Morgan fingerprint density at radius 2 is 2.00 bits per heavy atom. The van der Waals surface area contributed by atoms with Crippen LogP contribution in [-0.4, -0.2) is 28.8 Å². The van der Waals surface area contributed by atoms with E-state index in [1.54, 1.807) is 11.8 Å². The standard InChI is InChI=1S/C16H21NO3S/c1-11-2-4-12(5-3-11)9-21-10-15(18)17-14(8-16(19)20)13-6-7-13/h2-5,13-14H,6-10H2,1H3,(H,17,18)(H,19,20). The van der Waals surface area contributed by atoms with E-state index in [0.29, 0.717) is 11.7 Å². The molecule has 2 rings (SSSR count). The van der Waals surface area contributed by atoms with Gasteiger partial charge in [0.2, 0.25) is 5.91 Å². The molecule has 0 spiro atoms. The molecule has 1 aromatic rings. The van der Waals surface area contributed by atoms with Gasteiger partial charge < -0.3 is 10.4 Å². The molecule has 1 saturated carbocycles. The lowest BCUT2D eigenvalue weighted by Crippen LogP contribution is -2.39. The van der Waals surface area contributed by atoms with Crippen LogP contribution >= 0.6 is 11.8 Å². The van der Waals surface area contributed by atoms with Gasteiger partial charge in [-0.15, -0.1) is 11.8 Å². The Morgan fingerprint density at radius 1 is 1.33 bits per heavy atom. The minimum Gasteiger partial charge on any atom is -0.481 e. The van der Waals surface area contributed by atoms with E-state index in [-0.39, 0.29) is 18.4 Å². The Hall–Kier alpha value is -1.49. The summed E-state index contributed by atoms with van der Waals surface area (Å²) in [5.41, 5.74) is 2.42. The number of carboxylic acid groups (broad SMARTS) is 1. The third-order valence-corrected chi connectivity index (χ3v) is 4.56. The van der Waals surface area contributed by atoms with Crippen molar-refractivity contribution in [2.75, 3.05) is 5.75 Å². The van der Waals surface area contributed by atoms with E-state index in [1.807, 2.05) is 6.92 Å². The van der Waals surface area contributed by atoms with Crippen molar-refractivity contribution in [2.24, 2.45) is 5.92 Å². The van der Waals surface area contributed by atoms with Crippen molar-refractivity contribution >= 4 is 23.6 Å². The van der Waals surface area contributed by atoms with Gasteiger partial charge in [-0.25, -0.2) is 0 Å². The molecule has 2 N–H and O–H groups in total. The normalized spacial score (nSPS) is 15.5. The lowest BCUT2D eigenvalue weighted by molar-refractivity contribution is -0.137. The number of carbonyl (C=O) groups is 2. The SMILES string of the molecule is Cc1ccc(CSCC(=O)NC(CC(=O)O)C2CC2)cc1. The van der Waals surface area contributed by atoms with Crippen molar-refractivity contribution < 1.29 is 14.7 Å². The summed E-state index contributed by atoms with van der Waals surface area (Å²) in [7, 11) is 0. The number of carbonyl (C=O) groups excluding carboxylic acids is 1. The molecule has 1 aliphatic carbocycles. The minimum absolute atomic E-state index is 0.0268. The zero-order valence-corrected chi connectivity index (χ0v) is 13.0. The molecule has 0 bridgehead atoms. The zero-order valence-electron chi connectivity index (χ0n) is 12.2. The molecule has 1 amide bonds. The smallest absolute Gasteiger partial charge is 0.305 e. The number of hydrogen-bond donors (Lipinski definition) is 2. The number of benzene rings is 1. The third kappa shape index (κ3) is 5.79. The molecule has 114 valence electrons. The predicted molar refractivity (Wildman–Crippen MR) is 84.2 cm³/mol. The first kappa shape index (κ1) is 15.9. The Morgan fingerprint density at radius 3 is 2.57 bits per heavy atom. The van der Waals surface area contributed by atoms with E-state index in [1.165, 1.54) is 11.1 Å². The van der Waals surface area contributed by atoms with Crippen LogP contribution in [-0.2, 0) is 15.3 Å². The molecule has 0 aliphatic heterocycles. The average molecular weight is 307 g/mol. The first-order valence-electron chi connectivity index (χ1n) is 7.19. The lowest BCUT2D eigenvalue weighted by atomic mass is 10.1. The maximum Gasteiger partial charge on any atom is 0.305 e. The molecule has 0 heterocycles. The molecule has 5 heteroatoms. The summed E-state index contributed by atoms with van der Waals surface area (Å²) >= 11 is 1.55. The van der Waals surface area contributed by atoms with Gasteiger partial charge in [-0.05, 0) is 31.2 Å². The van der Waals surface area contributed by atoms with Crippen LogP contribution in [0.4, 0.5) is 0 Å². The van der Waals surface area contributed by atoms with Gasteiger partial charge in [0.05, 0.1) is 12.2 Å². The number of nitrogens with one attached hydrogen (secondary N) is 1. The molecule has 1 fully saturated rings.